The Balaban J connectivity index is 1.70. The summed E-state index contributed by atoms with van der Waals surface area (Å²) in [6, 6.07) is 9.23. The van der Waals surface area contributed by atoms with E-state index in [1.165, 1.54) is 25.3 Å². The number of amides is 1. The first-order valence-electron chi connectivity index (χ1n) is 9.35. The van der Waals surface area contributed by atoms with E-state index in [0.717, 1.165) is 17.8 Å². The summed E-state index contributed by atoms with van der Waals surface area (Å²) < 4.78 is 47.0. The first kappa shape index (κ1) is 22.3. The van der Waals surface area contributed by atoms with Crippen LogP contribution in [0.5, 0.6) is 5.75 Å². The molecule has 1 aliphatic heterocycles. The third kappa shape index (κ3) is 4.22. The van der Waals surface area contributed by atoms with Gasteiger partial charge in [-0.1, -0.05) is 41.6 Å². The highest BCUT2D eigenvalue weighted by atomic mass is 35.5. The van der Waals surface area contributed by atoms with Gasteiger partial charge in [0.1, 0.15) is 16.8 Å². The predicted molar refractivity (Wildman–Crippen MR) is 115 cm³/mol. The summed E-state index contributed by atoms with van der Waals surface area (Å²) in [4.78, 5) is 13.2. The zero-order valence-corrected chi connectivity index (χ0v) is 18.3. The van der Waals surface area contributed by atoms with Crippen LogP contribution in [-0.2, 0) is 11.0 Å². The molecule has 0 fully saturated rings. The number of fused-ring (bicyclic) bond motifs is 1. The van der Waals surface area contributed by atoms with Crippen molar-refractivity contribution in [2.45, 2.75) is 29.5 Å². The number of hydrogen-bond donors (Lipinski definition) is 2. The van der Waals surface area contributed by atoms with Crippen LogP contribution in [0.25, 0.3) is 0 Å². The summed E-state index contributed by atoms with van der Waals surface area (Å²) in [6.07, 6.45) is -4.61. The number of ether oxygens (including phenoxy) is 1. The fraction of sp³-hybridized carbons (Fsp3) is 0.250. The van der Waals surface area contributed by atoms with Gasteiger partial charge in [-0.3, -0.25) is 4.79 Å². The van der Waals surface area contributed by atoms with E-state index in [1.54, 1.807) is 29.8 Å². The van der Waals surface area contributed by atoms with Crippen molar-refractivity contribution in [1.29, 1.82) is 0 Å². The van der Waals surface area contributed by atoms with E-state index in [4.69, 9.17) is 16.3 Å². The molecule has 7 nitrogen and oxygen atoms in total. The number of hydrogen-bond acceptors (Lipinski definition) is 6. The van der Waals surface area contributed by atoms with Crippen LogP contribution in [-0.4, -0.2) is 33.1 Å². The van der Waals surface area contributed by atoms with Crippen LogP contribution >= 0.6 is 23.4 Å². The third-order valence-corrected chi connectivity index (χ3v) is 6.39. The molecule has 2 atom stereocenters. The topological polar surface area (TPSA) is 81.1 Å². The average molecular weight is 484 g/mol. The van der Waals surface area contributed by atoms with Crippen molar-refractivity contribution >= 4 is 35.0 Å². The molecular weight excluding hydrogens is 467 g/mol. The Hall–Kier alpha value is -2.92. The standard InChI is InChI=1S/C20H17ClF3N5O2S/c1-10-26-27-19-29(10)28-16(11-7-8-15(31-2)13(21)9-11)17(32-19)18(30)25-14-6-4-3-5-12(14)20(22,23)24/h3-9,16-17,28H,1-2H3,(H,25,30)/t16-,17-/m1/s1. The van der Waals surface area contributed by atoms with Gasteiger partial charge in [0.05, 0.1) is 29.4 Å². The lowest BCUT2D eigenvalue weighted by Gasteiger charge is -2.33. The van der Waals surface area contributed by atoms with Crippen molar-refractivity contribution in [3.8, 4) is 5.75 Å². The minimum Gasteiger partial charge on any atom is -0.495 e. The molecule has 4 rings (SSSR count). The first-order chi connectivity index (χ1) is 15.2. The Morgan fingerprint density at radius 1 is 1.25 bits per heavy atom. The van der Waals surface area contributed by atoms with Crippen LogP contribution in [0.3, 0.4) is 0 Å². The van der Waals surface area contributed by atoms with Crippen LogP contribution in [0.4, 0.5) is 18.9 Å². The van der Waals surface area contributed by atoms with Crippen LogP contribution in [0.15, 0.2) is 47.6 Å². The van der Waals surface area contributed by atoms with Gasteiger partial charge in [0.15, 0.2) is 0 Å². The number of para-hydroxylation sites is 1. The lowest BCUT2D eigenvalue weighted by atomic mass is 10.0. The number of carbonyl (C=O) groups excluding carboxylic acids is 1. The Morgan fingerprint density at radius 2 is 2.00 bits per heavy atom. The molecule has 2 N–H and O–H groups in total. The van der Waals surface area contributed by atoms with E-state index >= 15 is 0 Å². The molecule has 1 aromatic heterocycles. The monoisotopic (exact) mass is 483 g/mol. The normalized spacial score (nSPS) is 17.9. The van der Waals surface area contributed by atoms with Gasteiger partial charge in [0, 0.05) is 0 Å². The predicted octanol–water partition coefficient (Wildman–Crippen LogP) is 4.67. The number of alkyl halides is 3. The first-order valence-corrected chi connectivity index (χ1v) is 10.6. The number of methoxy groups -OCH3 is 1. The Kier molecular flexibility index (Phi) is 5.95. The zero-order chi connectivity index (χ0) is 23.0. The molecule has 0 radical (unpaired) electrons. The number of aromatic nitrogens is 3. The molecule has 168 valence electrons. The van der Waals surface area contributed by atoms with E-state index in [0.29, 0.717) is 27.3 Å². The molecule has 1 amide bonds. The second-order valence-electron chi connectivity index (χ2n) is 6.94. The molecule has 2 heterocycles. The molecule has 3 aromatic rings. The summed E-state index contributed by atoms with van der Waals surface area (Å²) >= 11 is 7.37. The minimum absolute atomic E-state index is 0.319. The fourth-order valence-electron chi connectivity index (χ4n) is 3.33. The highest BCUT2D eigenvalue weighted by Crippen LogP contribution is 2.40. The van der Waals surface area contributed by atoms with E-state index in [-0.39, 0.29) is 5.69 Å². The number of halogens is 4. The lowest BCUT2D eigenvalue weighted by Crippen LogP contribution is -2.41. The van der Waals surface area contributed by atoms with Gasteiger partial charge in [0.2, 0.25) is 11.1 Å². The maximum Gasteiger partial charge on any atom is 0.418 e. The summed E-state index contributed by atoms with van der Waals surface area (Å²) in [5.74, 6) is 0.404. The van der Waals surface area contributed by atoms with Gasteiger partial charge < -0.3 is 15.5 Å². The quantitative estimate of drug-likeness (QED) is 0.561. The Morgan fingerprint density at radius 3 is 2.69 bits per heavy atom. The highest BCUT2D eigenvalue weighted by Gasteiger charge is 2.39. The molecule has 0 saturated carbocycles. The molecular formula is C20H17ClF3N5O2S. The average Bonchev–Trinajstić information content (AvgIpc) is 3.12. The molecule has 0 spiro atoms. The van der Waals surface area contributed by atoms with Gasteiger partial charge >= 0.3 is 6.18 Å². The summed E-state index contributed by atoms with van der Waals surface area (Å²) in [6.45, 7) is 1.74. The summed E-state index contributed by atoms with van der Waals surface area (Å²) in [7, 11) is 1.48. The largest absolute Gasteiger partial charge is 0.495 e. The van der Waals surface area contributed by atoms with Gasteiger partial charge in [-0.2, -0.15) is 13.2 Å². The van der Waals surface area contributed by atoms with E-state index in [9.17, 15) is 18.0 Å². The highest BCUT2D eigenvalue weighted by molar-refractivity contribution is 8.00. The number of rotatable bonds is 4. The van der Waals surface area contributed by atoms with Crippen molar-refractivity contribution < 1.29 is 22.7 Å². The molecule has 0 bridgehead atoms. The number of aryl methyl sites for hydroxylation is 1. The number of anilines is 1. The molecule has 2 aromatic carbocycles. The number of carbonyl (C=O) groups is 1. The second-order valence-corrected chi connectivity index (χ2v) is 8.45. The number of benzene rings is 2. The maximum atomic E-state index is 13.4. The van der Waals surface area contributed by atoms with Gasteiger partial charge in [-0.15, -0.1) is 10.2 Å². The molecule has 0 unspecified atom stereocenters. The van der Waals surface area contributed by atoms with Crippen molar-refractivity contribution in [2.75, 3.05) is 17.9 Å². The molecule has 32 heavy (non-hydrogen) atoms. The maximum absolute atomic E-state index is 13.4. The number of nitrogens with zero attached hydrogens (tertiary/aromatic N) is 3. The Bertz CT molecular complexity index is 1170. The summed E-state index contributed by atoms with van der Waals surface area (Å²) in [5.41, 5.74) is 2.58. The number of thioether (sulfide) groups is 1. The lowest BCUT2D eigenvalue weighted by molar-refractivity contribution is -0.137. The van der Waals surface area contributed by atoms with Gasteiger partial charge in [-0.25, -0.2) is 4.68 Å². The molecule has 0 aliphatic carbocycles. The van der Waals surface area contributed by atoms with Crippen molar-refractivity contribution in [1.82, 2.24) is 14.9 Å². The SMILES string of the molecule is COc1ccc([C@H]2Nn3c(C)nnc3S[C@H]2C(=O)Nc2ccccc2C(F)(F)F)cc1Cl. The van der Waals surface area contributed by atoms with E-state index in [1.807, 2.05) is 0 Å². The van der Waals surface area contributed by atoms with E-state index < -0.39 is 28.9 Å². The summed E-state index contributed by atoms with van der Waals surface area (Å²) in [5, 5.41) is 10.4. The van der Waals surface area contributed by atoms with Crippen LogP contribution in [0.2, 0.25) is 5.02 Å². The van der Waals surface area contributed by atoms with E-state index in [2.05, 4.69) is 20.9 Å². The fourth-order valence-corrected chi connectivity index (χ4v) is 4.72. The van der Waals surface area contributed by atoms with Crippen molar-refractivity contribution in [2.24, 2.45) is 0 Å². The van der Waals surface area contributed by atoms with Crippen LogP contribution in [0.1, 0.15) is 23.0 Å². The van der Waals surface area contributed by atoms with Crippen LogP contribution in [0, 0.1) is 6.92 Å². The zero-order valence-electron chi connectivity index (χ0n) is 16.8. The minimum atomic E-state index is -4.61. The van der Waals surface area contributed by atoms with Crippen LogP contribution < -0.4 is 15.5 Å². The van der Waals surface area contributed by atoms with Crippen molar-refractivity contribution in [3.63, 3.8) is 0 Å². The molecule has 0 saturated heterocycles. The molecule has 12 heteroatoms. The molecule has 1 aliphatic rings. The third-order valence-electron chi connectivity index (χ3n) is 4.88. The van der Waals surface area contributed by atoms with Gasteiger partial charge in [-0.05, 0) is 36.8 Å². The number of nitrogens with one attached hydrogen (secondary N) is 2. The second kappa shape index (κ2) is 8.55. The van der Waals surface area contributed by atoms with Crippen molar-refractivity contribution in [3.05, 3.63) is 64.4 Å². The Labute approximate surface area is 190 Å². The van der Waals surface area contributed by atoms with Gasteiger partial charge in [0.25, 0.3) is 0 Å². The smallest absolute Gasteiger partial charge is 0.418 e.